The second kappa shape index (κ2) is 10.3. The number of hydrogen-bond donors (Lipinski definition) is 3. The molecule has 0 aliphatic rings. The zero-order valence-corrected chi connectivity index (χ0v) is 20.0. The first-order chi connectivity index (χ1) is 16.0. The first-order valence-corrected chi connectivity index (χ1v) is 11.9. The van der Waals surface area contributed by atoms with Gasteiger partial charge in [-0.25, -0.2) is 13.1 Å². The van der Waals surface area contributed by atoms with Crippen LogP contribution in [0, 0.1) is 6.92 Å². The van der Waals surface area contributed by atoms with E-state index in [2.05, 4.69) is 15.1 Å². The minimum Gasteiger partial charge on any atom is -0.368 e. The monoisotopic (exact) mass is 523 g/mol. The average molecular weight is 524 g/mol. The van der Waals surface area contributed by atoms with Crippen molar-refractivity contribution in [2.24, 2.45) is 5.73 Å². The molecule has 0 aliphatic heterocycles. The Hall–Kier alpha value is -3.25. The van der Waals surface area contributed by atoms with Crippen LogP contribution in [0.1, 0.15) is 17.2 Å². The molecular formula is C21H19Cl2N5O5S. The van der Waals surface area contributed by atoms with Gasteiger partial charge in [0.15, 0.2) is 0 Å². The number of nitrogens with one attached hydrogen (secondary N) is 2. The predicted molar refractivity (Wildman–Crippen MR) is 127 cm³/mol. The fourth-order valence-electron chi connectivity index (χ4n) is 3.02. The Morgan fingerprint density at radius 2 is 1.82 bits per heavy atom. The van der Waals surface area contributed by atoms with Crippen molar-refractivity contribution >= 4 is 50.7 Å². The van der Waals surface area contributed by atoms with Crippen molar-refractivity contribution in [3.8, 4) is 0 Å². The number of halogens is 2. The number of primary amides is 1. The molecule has 4 N–H and O–H groups in total. The van der Waals surface area contributed by atoms with E-state index in [1.54, 1.807) is 37.3 Å². The molecule has 0 saturated heterocycles. The normalized spacial score (nSPS) is 12.2. The summed E-state index contributed by atoms with van der Waals surface area (Å²) in [6.45, 7) is 1.07. The van der Waals surface area contributed by atoms with Crippen LogP contribution in [0.5, 0.6) is 0 Å². The average Bonchev–Trinajstić information content (AvgIpc) is 2.79. The molecule has 2 amide bonds. The molecule has 1 heterocycles. The lowest BCUT2D eigenvalue weighted by atomic mass is 10.1. The summed E-state index contributed by atoms with van der Waals surface area (Å²) in [5, 5.41) is 5.92. The van der Waals surface area contributed by atoms with E-state index in [4.69, 9.17) is 28.9 Å². The highest BCUT2D eigenvalue weighted by Crippen LogP contribution is 2.23. The fourth-order valence-corrected chi connectivity index (χ4v) is 4.75. The van der Waals surface area contributed by atoms with Gasteiger partial charge in [-0.15, -0.1) is 0 Å². The third kappa shape index (κ3) is 5.81. The number of nitrogens with zero attached hydrogens (tertiary/aromatic N) is 2. The van der Waals surface area contributed by atoms with Crippen LogP contribution >= 0.6 is 23.2 Å². The maximum atomic E-state index is 13.1. The molecule has 0 radical (unpaired) electrons. The summed E-state index contributed by atoms with van der Waals surface area (Å²) < 4.78 is 29.3. The molecule has 10 nitrogen and oxygen atoms in total. The van der Waals surface area contributed by atoms with Crippen LogP contribution < -0.4 is 21.3 Å². The highest BCUT2D eigenvalue weighted by Gasteiger charge is 2.27. The second-order valence-electron chi connectivity index (χ2n) is 7.17. The van der Waals surface area contributed by atoms with Crippen LogP contribution in [0.2, 0.25) is 10.0 Å². The first kappa shape index (κ1) is 25.4. The molecule has 3 rings (SSSR count). The molecule has 1 atom stereocenters. The molecule has 0 saturated carbocycles. The van der Waals surface area contributed by atoms with E-state index in [0.717, 1.165) is 10.9 Å². The summed E-state index contributed by atoms with van der Waals surface area (Å²) >= 11 is 11.5. The number of rotatable bonds is 8. The highest BCUT2D eigenvalue weighted by molar-refractivity contribution is 7.89. The van der Waals surface area contributed by atoms with Crippen LogP contribution in [0.3, 0.4) is 0 Å². The number of nitrogens with two attached hydrogens (primary N) is 1. The minimum absolute atomic E-state index is 0.0472. The minimum atomic E-state index is -4.22. The van der Waals surface area contributed by atoms with E-state index >= 15 is 0 Å². The van der Waals surface area contributed by atoms with Gasteiger partial charge < -0.3 is 11.1 Å². The zero-order chi connectivity index (χ0) is 25.0. The van der Waals surface area contributed by atoms with Crippen LogP contribution in [-0.4, -0.2) is 30.0 Å². The molecule has 0 bridgehead atoms. The zero-order valence-electron chi connectivity index (χ0n) is 17.7. The first-order valence-electron chi connectivity index (χ1n) is 9.68. The smallest absolute Gasteiger partial charge is 0.287 e. The number of hydrogen-bond acceptors (Lipinski definition) is 6. The summed E-state index contributed by atoms with van der Waals surface area (Å²) in [5.74, 6) is -1.54. The lowest BCUT2D eigenvalue weighted by Gasteiger charge is -2.18. The molecule has 2 aromatic carbocycles. The quantitative estimate of drug-likeness (QED) is 0.410. The summed E-state index contributed by atoms with van der Waals surface area (Å²) in [5.41, 5.74) is 5.55. The van der Waals surface area contributed by atoms with Gasteiger partial charge in [0, 0.05) is 5.69 Å². The molecule has 0 aliphatic carbocycles. The van der Waals surface area contributed by atoms with Gasteiger partial charge in [0.25, 0.3) is 5.56 Å². The lowest BCUT2D eigenvalue weighted by molar-refractivity contribution is -0.119. The van der Waals surface area contributed by atoms with Gasteiger partial charge in [0.1, 0.15) is 17.6 Å². The van der Waals surface area contributed by atoms with Crippen molar-refractivity contribution in [1.82, 2.24) is 14.5 Å². The maximum Gasteiger partial charge on any atom is 0.287 e. The van der Waals surface area contributed by atoms with Crippen molar-refractivity contribution in [3.05, 3.63) is 86.3 Å². The molecule has 3 aromatic rings. The van der Waals surface area contributed by atoms with E-state index in [9.17, 15) is 22.8 Å². The number of benzene rings is 2. The van der Waals surface area contributed by atoms with Crippen LogP contribution in [0.4, 0.5) is 5.69 Å². The number of anilines is 1. The van der Waals surface area contributed by atoms with Gasteiger partial charge in [-0.3, -0.25) is 14.4 Å². The topological polar surface area (TPSA) is 153 Å². The van der Waals surface area contributed by atoms with Crippen LogP contribution in [0.25, 0.3) is 0 Å². The van der Waals surface area contributed by atoms with Crippen molar-refractivity contribution in [2.75, 3.05) is 5.32 Å². The Kier molecular flexibility index (Phi) is 7.72. The third-order valence-electron chi connectivity index (χ3n) is 4.69. The molecule has 0 fully saturated rings. The second-order valence-corrected chi connectivity index (χ2v) is 9.63. The number of carbonyl (C=O) groups excluding carboxylic acids is 2. The summed E-state index contributed by atoms with van der Waals surface area (Å²) in [6, 6.07) is 11.1. The third-order valence-corrected chi connectivity index (χ3v) is 7.00. The Labute approximate surface area is 204 Å². The lowest BCUT2D eigenvalue weighted by Crippen LogP contribution is -2.37. The van der Waals surface area contributed by atoms with Crippen LogP contribution in [0.15, 0.2) is 64.4 Å². The number of amides is 2. The van der Waals surface area contributed by atoms with E-state index in [1.807, 2.05) is 0 Å². The summed E-state index contributed by atoms with van der Waals surface area (Å²) in [4.78, 5) is 36.2. The Bertz CT molecular complexity index is 1410. The summed E-state index contributed by atoms with van der Waals surface area (Å²) in [7, 11) is -4.22. The van der Waals surface area contributed by atoms with Crippen molar-refractivity contribution in [3.63, 3.8) is 0 Å². The molecular weight excluding hydrogens is 505 g/mol. The van der Waals surface area contributed by atoms with Crippen molar-refractivity contribution < 1.29 is 18.0 Å². The van der Waals surface area contributed by atoms with E-state index in [1.165, 1.54) is 18.2 Å². The van der Waals surface area contributed by atoms with Gasteiger partial charge in [-0.2, -0.15) is 9.82 Å². The standard InChI is InChI=1S/C21H19Cl2N5O5S/c1-12-7-8-14(26-17(29)11-28-21(31)18(23)15(22)10-25-28)9-16(12)34(32,33)27-19(20(24)30)13-5-3-2-4-6-13/h2-10,19,27H,11H2,1H3,(H2,24,30)(H,26,29)/t19-/m0/s1. The largest absolute Gasteiger partial charge is 0.368 e. The SMILES string of the molecule is Cc1ccc(NC(=O)Cn2ncc(Cl)c(Cl)c2=O)cc1S(=O)(=O)N[C@H](C(N)=O)c1ccccc1. The molecule has 0 unspecified atom stereocenters. The molecule has 1 aromatic heterocycles. The Balaban J connectivity index is 1.84. The number of sulfonamides is 1. The van der Waals surface area contributed by atoms with Gasteiger partial charge in [0.2, 0.25) is 21.8 Å². The predicted octanol–water partition coefficient (Wildman–Crippen LogP) is 2.00. The van der Waals surface area contributed by atoms with Gasteiger partial charge in [-0.1, -0.05) is 59.6 Å². The highest BCUT2D eigenvalue weighted by atomic mass is 35.5. The van der Waals surface area contributed by atoms with Gasteiger partial charge >= 0.3 is 0 Å². The van der Waals surface area contributed by atoms with E-state index in [-0.39, 0.29) is 20.6 Å². The number of carbonyl (C=O) groups is 2. The molecule has 178 valence electrons. The fraction of sp³-hybridized carbons (Fsp3) is 0.143. The molecule has 0 spiro atoms. The van der Waals surface area contributed by atoms with Crippen molar-refractivity contribution in [1.29, 1.82) is 0 Å². The van der Waals surface area contributed by atoms with Gasteiger partial charge in [-0.05, 0) is 30.2 Å². The Morgan fingerprint density at radius 1 is 1.15 bits per heavy atom. The molecule has 13 heteroatoms. The maximum absolute atomic E-state index is 13.1. The van der Waals surface area contributed by atoms with E-state index in [0.29, 0.717) is 11.1 Å². The van der Waals surface area contributed by atoms with Crippen LogP contribution in [-0.2, 0) is 26.2 Å². The number of aromatic nitrogens is 2. The number of aryl methyl sites for hydroxylation is 1. The summed E-state index contributed by atoms with van der Waals surface area (Å²) in [6.07, 6.45) is 1.13. The van der Waals surface area contributed by atoms with Crippen molar-refractivity contribution in [2.45, 2.75) is 24.4 Å². The van der Waals surface area contributed by atoms with E-state index < -0.39 is 40.0 Å². The van der Waals surface area contributed by atoms with Gasteiger partial charge in [0.05, 0.1) is 16.1 Å². The molecule has 34 heavy (non-hydrogen) atoms. The Morgan fingerprint density at radius 3 is 2.47 bits per heavy atom.